The molecular weight excluding hydrogens is 370 g/mol. The Labute approximate surface area is 166 Å². The molecule has 1 unspecified atom stereocenters. The fourth-order valence-corrected chi connectivity index (χ4v) is 3.59. The van der Waals surface area contributed by atoms with Crippen LogP contribution in [0.4, 0.5) is 0 Å². The number of nitrogens with one attached hydrogen (secondary N) is 2. The lowest BCUT2D eigenvalue weighted by Crippen LogP contribution is -2.45. The van der Waals surface area contributed by atoms with Gasteiger partial charge in [-0.1, -0.05) is 0 Å². The minimum Gasteiger partial charge on any atom is -0.493 e. The molecule has 27 heavy (non-hydrogen) atoms. The Bertz CT molecular complexity index is 656. The van der Waals surface area contributed by atoms with Crippen LogP contribution in [-0.2, 0) is 4.79 Å². The van der Waals surface area contributed by atoms with Crippen LogP contribution in [0.2, 0.25) is 0 Å². The molecule has 2 aliphatic rings. The number of rotatable bonds is 5. The molecule has 0 aliphatic carbocycles. The van der Waals surface area contributed by atoms with E-state index in [0.29, 0.717) is 43.0 Å². The summed E-state index contributed by atoms with van der Waals surface area (Å²) in [6, 6.07) is 5.43. The number of piperidine rings is 1. The predicted octanol–water partition coefficient (Wildman–Crippen LogP) is 1.46. The van der Waals surface area contributed by atoms with Gasteiger partial charge in [0.25, 0.3) is 5.91 Å². The topological polar surface area (TPSA) is 79.9 Å². The first-order valence-corrected chi connectivity index (χ1v) is 9.14. The van der Waals surface area contributed by atoms with Crippen molar-refractivity contribution >= 4 is 24.2 Å². The molecule has 150 valence electrons. The molecule has 1 aromatic carbocycles. The molecule has 0 bridgehead atoms. The van der Waals surface area contributed by atoms with Crippen LogP contribution in [0.15, 0.2) is 18.2 Å². The Kier molecular flexibility index (Phi) is 7.74. The summed E-state index contributed by atoms with van der Waals surface area (Å²) in [5.41, 5.74) is 0.572. The van der Waals surface area contributed by atoms with Crippen molar-refractivity contribution in [3.05, 3.63) is 23.8 Å². The molecule has 1 atom stereocenters. The van der Waals surface area contributed by atoms with E-state index in [1.165, 1.54) is 0 Å². The van der Waals surface area contributed by atoms with Gasteiger partial charge in [-0.3, -0.25) is 9.59 Å². The lowest BCUT2D eigenvalue weighted by molar-refractivity contribution is -0.126. The van der Waals surface area contributed by atoms with Crippen molar-refractivity contribution in [1.82, 2.24) is 15.5 Å². The first-order chi connectivity index (χ1) is 12.6. The van der Waals surface area contributed by atoms with E-state index in [1.54, 1.807) is 32.4 Å². The molecule has 0 saturated carbocycles. The van der Waals surface area contributed by atoms with Gasteiger partial charge in [0.1, 0.15) is 0 Å². The van der Waals surface area contributed by atoms with E-state index in [1.807, 2.05) is 4.90 Å². The maximum Gasteiger partial charge on any atom is 0.253 e. The number of amides is 2. The fraction of sp³-hybridized carbons (Fsp3) is 0.579. The second-order valence-corrected chi connectivity index (χ2v) is 6.83. The Morgan fingerprint density at radius 1 is 1.11 bits per heavy atom. The number of carbonyl (C=O) groups is 2. The summed E-state index contributed by atoms with van der Waals surface area (Å²) >= 11 is 0. The first-order valence-electron chi connectivity index (χ1n) is 9.14. The van der Waals surface area contributed by atoms with Crippen LogP contribution >= 0.6 is 12.4 Å². The largest absolute Gasteiger partial charge is 0.493 e. The van der Waals surface area contributed by atoms with Crippen LogP contribution in [0.5, 0.6) is 11.5 Å². The number of benzene rings is 1. The van der Waals surface area contributed by atoms with Crippen molar-refractivity contribution in [3.8, 4) is 11.5 Å². The summed E-state index contributed by atoms with van der Waals surface area (Å²) in [6.45, 7) is 2.99. The minimum absolute atomic E-state index is 0. The summed E-state index contributed by atoms with van der Waals surface area (Å²) in [5.74, 6) is 1.21. The quantitative estimate of drug-likeness (QED) is 0.786. The van der Waals surface area contributed by atoms with Gasteiger partial charge in [-0.25, -0.2) is 0 Å². The van der Waals surface area contributed by atoms with Gasteiger partial charge in [0.05, 0.1) is 14.2 Å². The second kappa shape index (κ2) is 9.80. The van der Waals surface area contributed by atoms with E-state index in [-0.39, 0.29) is 36.2 Å². The van der Waals surface area contributed by atoms with E-state index in [0.717, 1.165) is 19.5 Å². The number of hydrogen-bond acceptors (Lipinski definition) is 5. The minimum atomic E-state index is -0.0372. The van der Waals surface area contributed by atoms with Crippen molar-refractivity contribution in [1.29, 1.82) is 0 Å². The van der Waals surface area contributed by atoms with Crippen LogP contribution in [0, 0.1) is 5.92 Å². The zero-order chi connectivity index (χ0) is 18.5. The summed E-state index contributed by atoms with van der Waals surface area (Å²) in [6.07, 6.45) is 2.39. The van der Waals surface area contributed by atoms with Crippen LogP contribution < -0.4 is 20.1 Å². The highest BCUT2D eigenvalue weighted by Crippen LogP contribution is 2.29. The van der Waals surface area contributed by atoms with Gasteiger partial charge in [0.15, 0.2) is 11.5 Å². The molecule has 2 heterocycles. The van der Waals surface area contributed by atoms with Crippen molar-refractivity contribution in [3.63, 3.8) is 0 Å². The molecule has 2 amide bonds. The lowest BCUT2D eigenvalue weighted by atomic mass is 9.95. The lowest BCUT2D eigenvalue weighted by Gasteiger charge is -2.32. The number of nitrogens with zero attached hydrogens (tertiary/aromatic N) is 1. The van der Waals surface area contributed by atoms with Crippen molar-refractivity contribution < 1.29 is 19.1 Å². The van der Waals surface area contributed by atoms with Crippen LogP contribution in [0.25, 0.3) is 0 Å². The summed E-state index contributed by atoms with van der Waals surface area (Å²) in [5, 5.41) is 6.37. The summed E-state index contributed by atoms with van der Waals surface area (Å²) < 4.78 is 10.5. The first kappa shape index (κ1) is 21.3. The monoisotopic (exact) mass is 397 g/mol. The zero-order valence-electron chi connectivity index (χ0n) is 15.8. The van der Waals surface area contributed by atoms with Gasteiger partial charge >= 0.3 is 0 Å². The maximum atomic E-state index is 12.7. The Morgan fingerprint density at radius 2 is 1.81 bits per heavy atom. The highest BCUT2D eigenvalue weighted by atomic mass is 35.5. The average Bonchev–Trinajstić information content (AvgIpc) is 3.20. The average molecular weight is 398 g/mol. The summed E-state index contributed by atoms with van der Waals surface area (Å²) in [4.78, 5) is 26.9. The van der Waals surface area contributed by atoms with Crippen LogP contribution in [0.1, 0.15) is 29.6 Å². The Balaban J connectivity index is 0.00000261. The predicted molar refractivity (Wildman–Crippen MR) is 105 cm³/mol. The van der Waals surface area contributed by atoms with E-state index in [4.69, 9.17) is 9.47 Å². The van der Waals surface area contributed by atoms with E-state index < -0.39 is 0 Å². The SMILES string of the molecule is COc1ccc(C(=O)N2CCC(C(=O)NC3CCNC3)CC2)cc1OC.Cl. The van der Waals surface area contributed by atoms with Gasteiger partial charge in [-0.15, -0.1) is 12.4 Å². The van der Waals surface area contributed by atoms with E-state index in [9.17, 15) is 9.59 Å². The molecule has 7 nitrogen and oxygen atoms in total. The van der Waals surface area contributed by atoms with Crippen LogP contribution in [-0.4, -0.2) is 63.2 Å². The number of ether oxygens (including phenoxy) is 2. The smallest absolute Gasteiger partial charge is 0.253 e. The molecule has 2 aliphatic heterocycles. The van der Waals surface area contributed by atoms with E-state index in [2.05, 4.69) is 10.6 Å². The molecule has 2 saturated heterocycles. The molecule has 3 rings (SSSR count). The molecule has 8 heteroatoms. The fourth-order valence-electron chi connectivity index (χ4n) is 3.59. The highest BCUT2D eigenvalue weighted by molar-refractivity contribution is 5.95. The van der Waals surface area contributed by atoms with Gasteiger partial charge in [0.2, 0.25) is 5.91 Å². The number of halogens is 1. The molecule has 1 aromatic rings. The van der Waals surface area contributed by atoms with Crippen molar-refractivity contribution in [2.24, 2.45) is 5.92 Å². The third-order valence-electron chi connectivity index (χ3n) is 5.19. The molecular formula is C19H28ClN3O4. The van der Waals surface area contributed by atoms with Gasteiger partial charge in [0, 0.05) is 37.2 Å². The van der Waals surface area contributed by atoms with E-state index >= 15 is 0 Å². The normalized spacial score (nSPS) is 19.9. The van der Waals surface area contributed by atoms with Crippen molar-refractivity contribution in [2.75, 3.05) is 40.4 Å². The third-order valence-corrected chi connectivity index (χ3v) is 5.19. The van der Waals surface area contributed by atoms with Gasteiger partial charge < -0.3 is 25.0 Å². The number of carbonyl (C=O) groups excluding carboxylic acids is 2. The molecule has 0 radical (unpaired) electrons. The summed E-state index contributed by atoms with van der Waals surface area (Å²) in [7, 11) is 3.12. The van der Waals surface area contributed by atoms with Gasteiger partial charge in [-0.2, -0.15) is 0 Å². The van der Waals surface area contributed by atoms with Crippen LogP contribution in [0.3, 0.4) is 0 Å². The maximum absolute atomic E-state index is 12.7. The molecule has 2 N–H and O–H groups in total. The highest BCUT2D eigenvalue weighted by Gasteiger charge is 2.29. The number of likely N-dealkylation sites (tertiary alicyclic amines) is 1. The standard InChI is InChI=1S/C19H27N3O4.ClH/c1-25-16-4-3-14(11-17(16)26-2)19(24)22-9-6-13(7-10-22)18(23)21-15-5-8-20-12-15;/h3-4,11,13,15,20H,5-10,12H2,1-2H3,(H,21,23);1H. The Hall–Kier alpha value is -1.99. The zero-order valence-corrected chi connectivity index (χ0v) is 16.6. The second-order valence-electron chi connectivity index (χ2n) is 6.83. The van der Waals surface area contributed by atoms with Gasteiger partial charge in [-0.05, 0) is 44.0 Å². The Morgan fingerprint density at radius 3 is 2.41 bits per heavy atom. The number of methoxy groups -OCH3 is 2. The van der Waals surface area contributed by atoms with Crippen molar-refractivity contribution in [2.45, 2.75) is 25.3 Å². The molecule has 0 aromatic heterocycles. The third kappa shape index (κ3) is 5.05. The molecule has 2 fully saturated rings. The molecule has 0 spiro atoms. The number of hydrogen-bond donors (Lipinski definition) is 2.